The first-order valence-corrected chi connectivity index (χ1v) is 6.08. The van der Waals surface area contributed by atoms with E-state index in [4.69, 9.17) is 0 Å². The lowest BCUT2D eigenvalue weighted by Crippen LogP contribution is -2.33. The lowest BCUT2D eigenvalue weighted by Gasteiger charge is -2.31. The Hall–Kier alpha value is -0.330. The van der Waals surface area contributed by atoms with E-state index >= 15 is 0 Å². The predicted octanol–water partition coefficient (Wildman–Crippen LogP) is 4.21. The smallest absolute Gasteiger partial charge is 0.141 e. The van der Waals surface area contributed by atoms with Gasteiger partial charge in [-0.1, -0.05) is 47.5 Å². The van der Waals surface area contributed by atoms with Gasteiger partial charge in [-0.25, -0.2) is 0 Å². The van der Waals surface area contributed by atoms with Gasteiger partial charge in [-0.3, -0.25) is 4.79 Å². The third kappa shape index (κ3) is 3.11. The van der Waals surface area contributed by atoms with Crippen molar-refractivity contribution in [3.05, 3.63) is 0 Å². The molecule has 0 saturated heterocycles. The quantitative estimate of drug-likeness (QED) is 0.599. The molecule has 0 aliphatic heterocycles. The zero-order chi connectivity index (χ0) is 11.2. The lowest BCUT2D eigenvalue weighted by atomic mass is 9.71. The molecule has 0 heterocycles. The first-order chi connectivity index (χ1) is 6.54. The Balaban J connectivity index is 4.59. The molecule has 0 aliphatic carbocycles. The van der Waals surface area contributed by atoms with Crippen molar-refractivity contribution in [2.75, 3.05) is 0 Å². The van der Waals surface area contributed by atoms with E-state index in [0.717, 1.165) is 19.3 Å². The van der Waals surface area contributed by atoms with E-state index in [1.165, 1.54) is 12.8 Å². The van der Waals surface area contributed by atoms with Gasteiger partial charge in [-0.05, 0) is 19.3 Å². The summed E-state index contributed by atoms with van der Waals surface area (Å²) in [5.74, 6) is 0.655. The second-order valence-corrected chi connectivity index (χ2v) is 4.61. The minimum Gasteiger partial charge on any atom is -0.299 e. The highest BCUT2D eigenvalue weighted by Crippen LogP contribution is 2.36. The number of hydrogen-bond donors (Lipinski definition) is 0. The molecule has 1 nitrogen and oxygen atoms in total. The number of carbonyl (C=O) groups is 1. The maximum Gasteiger partial charge on any atom is 0.141 e. The molecule has 0 spiro atoms. The van der Waals surface area contributed by atoms with Crippen molar-refractivity contribution in [1.82, 2.24) is 0 Å². The molecule has 0 aliphatic rings. The van der Waals surface area contributed by atoms with Crippen molar-refractivity contribution in [1.29, 1.82) is 0 Å². The summed E-state index contributed by atoms with van der Waals surface area (Å²) in [6.07, 6.45) is 5.45. The van der Waals surface area contributed by atoms with Crippen molar-refractivity contribution >= 4 is 5.78 Å². The third-order valence-electron chi connectivity index (χ3n) is 3.41. The SMILES string of the molecule is CCCCC(CC)(CC)C(=O)C(C)C. The van der Waals surface area contributed by atoms with Crippen LogP contribution in [0.2, 0.25) is 0 Å². The van der Waals surface area contributed by atoms with Gasteiger partial charge in [-0.2, -0.15) is 0 Å². The largest absolute Gasteiger partial charge is 0.299 e. The predicted molar refractivity (Wildman–Crippen MR) is 62.4 cm³/mol. The highest BCUT2D eigenvalue weighted by molar-refractivity contribution is 5.86. The van der Waals surface area contributed by atoms with Crippen LogP contribution in [0.25, 0.3) is 0 Å². The molecule has 1 heteroatoms. The van der Waals surface area contributed by atoms with Gasteiger partial charge in [0.2, 0.25) is 0 Å². The lowest BCUT2D eigenvalue weighted by molar-refractivity contribution is -0.133. The van der Waals surface area contributed by atoms with E-state index in [-0.39, 0.29) is 11.3 Å². The average Bonchev–Trinajstić information content (AvgIpc) is 2.19. The Labute approximate surface area is 89.3 Å². The Morgan fingerprint density at radius 1 is 1.14 bits per heavy atom. The summed E-state index contributed by atoms with van der Waals surface area (Å²) in [6, 6.07) is 0. The Bertz CT molecular complexity index is 166. The molecule has 0 bridgehead atoms. The van der Waals surface area contributed by atoms with Crippen LogP contribution in [-0.2, 0) is 4.79 Å². The van der Waals surface area contributed by atoms with Crippen LogP contribution in [0.1, 0.15) is 66.7 Å². The van der Waals surface area contributed by atoms with Crippen LogP contribution in [0.3, 0.4) is 0 Å². The number of ketones is 1. The molecule has 0 aromatic carbocycles. The first-order valence-electron chi connectivity index (χ1n) is 6.08. The molecular weight excluding hydrogens is 172 g/mol. The van der Waals surface area contributed by atoms with E-state index in [0.29, 0.717) is 5.78 Å². The molecular formula is C13H26O. The summed E-state index contributed by atoms with van der Waals surface area (Å²) in [7, 11) is 0. The van der Waals surface area contributed by atoms with Gasteiger partial charge in [-0.15, -0.1) is 0 Å². The van der Waals surface area contributed by atoms with Crippen molar-refractivity contribution in [3.63, 3.8) is 0 Å². The molecule has 0 unspecified atom stereocenters. The first kappa shape index (κ1) is 13.7. The van der Waals surface area contributed by atoms with E-state index in [2.05, 4.69) is 20.8 Å². The topological polar surface area (TPSA) is 17.1 Å². The van der Waals surface area contributed by atoms with Gasteiger partial charge in [0.05, 0.1) is 0 Å². The Kier molecular flexibility index (Phi) is 6.06. The summed E-state index contributed by atoms with van der Waals surface area (Å²) < 4.78 is 0. The molecule has 0 aromatic heterocycles. The molecule has 0 amide bonds. The fourth-order valence-corrected chi connectivity index (χ4v) is 2.20. The molecule has 0 fully saturated rings. The Morgan fingerprint density at radius 2 is 1.64 bits per heavy atom. The molecule has 0 atom stereocenters. The summed E-state index contributed by atoms with van der Waals surface area (Å²) in [6.45, 7) is 10.5. The van der Waals surface area contributed by atoms with E-state index < -0.39 is 0 Å². The normalized spacial score (nSPS) is 12.1. The van der Waals surface area contributed by atoms with Gasteiger partial charge >= 0.3 is 0 Å². The highest BCUT2D eigenvalue weighted by Gasteiger charge is 2.34. The molecule has 0 rings (SSSR count). The fraction of sp³-hybridized carbons (Fsp3) is 0.923. The number of Topliss-reactive ketones (excluding diaryl/α,β-unsaturated/α-hetero) is 1. The zero-order valence-corrected chi connectivity index (χ0v) is 10.5. The fourth-order valence-electron chi connectivity index (χ4n) is 2.20. The number of unbranched alkanes of at least 4 members (excludes halogenated alkanes) is 1. The van der Waals surface area contributed by atoms with Crippen LogP contribution in [0.4, 0.5) is 0 Å². The summed E-state index contributed by atoms with van der Waals surface area (Å²) in [4.78, 5) is 12.1. The highest BCUT2D eigenvalue weighted by atomic mass is 16.1. The second-order valence-electron chi connectivity index (χ2n) is 4.61. The monoisotopic (exact) mass is 198 g/mol. The van der Waals surface area contributed by atoms with Gasteiger partial charge in [0.15, 0.2) is 0 Å². The van der Waals surface area contributed by atoms with Crippen LogP contribution >= 0.6 is 0 Å². The van der Waals surface area contributed by atoms with Gasteiger partial charge in [0.1, 0.15) is 5.78 Å². The van der Waals surface area contributed by atoms with Crippen LogP contribution in [0.15, 0.2) is 0 Å². The molecule has 84 valence electrons. The maximum atomic E-state index is 12.1. The van der Waals surface area contributed by atoms with Crippen LogP contribution < -0.4 is 0 Å². The van der Waals surface area contributed by atoms with Gasteiger partial charge < -0.3 is 0 Å². The van der Waals surface area contributed by atoms with Crippen LogP contribution in [0.5, 0.6) is 0 Å². The van der Waals surface area contributed by atoms with Gasteiger partial charge in [0, 0.05) is 11.3 Å². The molecule has 0 N–H and O–H groups in total. The van der Waals surface area contributed by atoms with Crippen molar-refractivity contribution in [2.45, 2.75) is 66.7 Å². The molecule has 14 heavy (non-hydrogen) atoms. The van der Waals surface area contributed by atoms with Crippen molar-refractivity contribution in [3.8, 4) is 0 Å². The summed E-state index contributed by atoms with van der Waals surface area (Å²) in [5, 5.41) is 0. The Morgan fingerprint density at radius 3 is 1.93 bits per heavy atom. The average molecular weight is 198 g/mol. The zero-order valence-electron chi connectivity index (χ0n) is 10.5. The van der Waals surface area contributed by atoms with Crippen molar-refractivity contribution in [2.24, 2.45) is 11.3 Å². The molecule has 0 aromatic rings. The van der Waals surface area contributed by atoms with Gasteiger partial charge in [0.25, 0.3) is 0 Å². The number of carbonyl (C=O) groups excluding carboxylic acids is 1. The van der Waals surface area contributed by atoms with E-state index in [1.54, 1.807) is 0 Å². The number of rotatable bonds is 7. The van der Waals surface area contributed by atoms with E-state index in [1.807, 2.05) is 13.8 Å². The molecule has 0 radical (unpaired) electrons. The van der Waals surface area contributed by atoms with E-state index in [9.17, 15) is 4.79 Å². The summed E-state index contributed by atoms with van der Waals surface area (Å²) in [5.41, 5.74) is -0.0236. The maximum absolute atomic E-state index is 12.1. The van der Waals surface area contributed by atoms with Crippen molar-refractivity contribution < 1.29 is 4.79 Å². The minimum absolute atomic E-state index is 0.0236. The molecule has 0 saturated carbocycles. The number of hydrogen-bond acceptors (Lipinski definition) is 1. The summed E-state index contributed by atoms with van der Waals surface area (Å²) >= 11 is 0. The standard InChI is InChI=1S/C13H26O/c1-6-9-10-13(7-2,8-3)12(14)11(4)5/h11H,6-10H2,1-5H3. The van der Waals surface area contributed by atoms with Crippen LogP contribution in [-0.4, -0.2) is 5.78 Å². The minimum atomic E-state index is -0.0236. The third-order valence-corrected chi connectivity index (χ3v) is 3.41. The second kappa shape index (κ2) is 6.21. The van der Waals surface area contributed by atoms with Crippen LogP contribution in [0, 0.1) is 11.3 Å².